The molecule has 7 heteroatoms. The van der Waals surface area contributed by atoms with Crippen molar-refractivity contribution in [2.45, 2.75) is 76.9 Å². The quantitative estimate of drug-likeness (QED) is 0.679. The molecular weight excluding hydrogens is 300 g/mol. The zero-order chi connectivity index (χ0) is 17.0. The SMILES string of the molecule is CC(=C(C#N)C#N)[C@H]1O[C@@H]2OC(C)(C)O[C@@H]2[C@H]2OC(C)(C)O[C@H]21. The van der Waals surface area contributed by atoms with Crippen LogP contribution in [0.1, 0.15) is 34.6 Å². The van der Waals surface area contributed by atoms with E-state index >= 15 is 0 Å². The van der Waals surface area contributed by atoms with E-state index in [-0.39, 0.29) is 5.57 Å². The molecule has 0 aliphatic carbocycles. The van der Waals surface area contributed by atoms with Gasteiger partial charge in [-0.1, -0.05) is 0 Å². The lowest BCUT2D eigenvalue weighted by molar-refractivity contribution is -0.225. The number of nitrogens with zero attached hydrogens (tertiary/aromatic N) is 2. The Labute approximate surface area is 135 Å². The summed E-state index contributed by atoms with van der Waals surface area (Å²) in [4.78, 5) is 0. The lowest BCUT2D eigenvalue weighted by Crippen LogP contribution is -2.55. The van der Waals surface area contributed by atoms with Crippen molar-refractivity contribution in [2.75, 3.05) is 0 Å². The van der Waals surface area contributed by atoms with Crippen molar-refractivity contribution in [3.63, 3.8) is 0 Å². The minimum absolute atomic E-state index is 0.0127. The lowest BCUT2D eigenvalue weighted by Gasteiger charge is -2.37. The molecule has 3 aliphatic rings. The average molecular weight is 320 g/mol. The van der Waals surface area contributed by atoms with Gasteiger partial charge in [0, 0.05) is 0 Å². The summed E-state index contributed by atoms with van der Waals surface area (Å²) < 4.78 is 29.6. The van der Waals surface area contributed by atoms with E-state index in [1.165, 1.54) is 0 Å². The summed E-state index contributed by atoms with van der Waals surface area (Å²) in [5, 5.41) is 18.3. The molecule has 0 aromatic carbocycles. The second-order valence-electron chi connectivity index (χ2n) is 6.87. The normalized spacial score (nSPS) is 39.7. The smallest absolute Gasteiger partial charge is 0.190 e. The van der Waals surface area contributed by atoms with E-state index in [2.05, 4.69) is 0 Å². The van der Waals surface area contributed by atoms with Gasteiger partial charge in [0.1, 0.15) is 42.1 Å². The summed E-state index contributed by atoms with van der Waals surface area (Å²) in [5.41, 5.74) is 0.525. The standard InChI is InChI=1S/C16H20N2O5/c1-8(9(6-17)7-18)10-11-12(21-15(2,3)20-11)13-14(19-10)23-16(4,5)22-13/h10-14H,1-5H3/t10-,11+,12+,13-,14-/m1/s1. The Balaban J connectivity index is 1.98. The molecule has 0 aromatic rings. The molecule has 0 N–H and O–H groups in total. The number of fused-ring (bicyclic) bond motifs is 3. The maximum atomic E-state index is 9.13. The van der Waals surface area contributed by atoms with Crippen molar-refractivity contribution in [1.29, 1.82) is 10.5 Å². The molecule has 3 aliphatic heterocycles. The summed E-state index contributed by atoms with van der Waals surface area (Å²) in [7, 11) is 0. The summed E-state index contributed by atoms with van der Waals surface area (Å²) in [6.45, 7) is 8.93. The van der Waals surface area contributed by atoms with E-state index in [1.54, 1.807) is 20.8 Å². The minimum atomic E-state index is -0.804. The maximum Gasteiger partial charge on any atom is 0.190 e. The molecule has 0 amide bonds. The monoisotopic (exact) mass is 320 g/mol. The fourth-order valence-electron chi connectivity index (χ4n) is 3.30. The molecule has 5 atom stereocenters. The minimum Gasteiger partial charge on any atom is -0.342 e. The molecule has 3 saturated heterocycles. The summed E-state index contributed by atoms with van der Waals surface area (Å²) >= 11 is 0. The molecule has 3 fully saturated rings. The Morgan fingerprint density at radius 1 is 0.826 bits per heavy atom. The van der Waals surface area contributed by atoms with Gasteiger partial charge in [-0.2, -0.15) is 10.5 Å². The first-order valence-corrected chi connectivity index (χ1v) is 7.55. The lowest BCUT2D eigenvalue weighted by atomic mass is 9.92. The van der Waals surface area contributed by atoms with Crippen LogP contribution in [0.2, 0.25) is 0 Å². The number of hydrogen-bond donors (Lipinski definition) is 0. The van der Waals surface area contributed by atoms with Crippen LogP contribution in [-0.4, -0.2) is 42.3 Å². The van der Waals surface area contributed by atoms with Gasteiger partial charge in [0.05, 0.1) is 0 Å². The summed E-state index contributed by atoms with van der Waals surface area (Å²) in [6.07, 6.45) is -2.53. The Kier molecular flexibility index (Phi) is 3.75. The van der Waals surface area contributed by atoms with Crippen LogP contribution in [0.15, 0.2) is 11.1 Å². The predicted octanol–water partition coefficient (Wildman–Crippen LogP) is 1.75. The Hall–Kier alpha value is -1.48. The fraction of sp³-hybridized carbons (Fsp3) is 0.750. The van der Waals surface area contributed by atoms with Crippen molar-refractivity contribution in [1.82, 2.24) is 0 Å². The highest BCUT2D eigenvalue weighted by Crippen LogP contribution is 2.45. The second kappa shape index (κ2) is 5.27. The largest absolute Gasteiger partial charge is 0.342 e. The Morgan fingerprint density at radius 2 is 1.35 bits per heavy atom. The highest BCUT2D eigenvalue weighted by Gasteiger charge is 2.61. The van der Waals surface area contributed by atoms with Crippen molar-refractivity contribution in [3.05, 3.63) is 11.1 Å². The summed E-state index contributed by atoms with van der Waals surface area (Å²) in [5.74, 6) is -1.60. The zero-order valence-corrected chi connectivity index (χ0v) is 13.8. The molecule has 0 bridgehead atoms. The highest BCUT2D eigenvalue weighted by molar-refractivity contribution is 5.41. The molecule has 124 valence electrons. The van der Waals surface area contributed by atoms with E-state index in [0.29, 0.717) is 5.57 Å². The van der Waals surface area contributed by atoms with Gasteiger partial charge in [0.25, 0.3) is 0 Å². The zero-order valence-electron chi connectivity index (χ0n) is 13.8. The summed E-state index contributed by atoms with van der Waals surface area (Å²) in [6, 6.07) is 3.79. The third-order valence-corrected chi connectivity index (χ3v) is 4.20. The Morgan fingerprint density at radius 3 is 1.96 bits per heavy atom. The molecule has 23 heavy (non-hydrogen) atoms. The van der Waals surface area contributed by atoms with Gasteiger partial charge in [-0.25, -0.2) is 0 Å². The van der Waals surface area contributed by atoms with Gasteiger partial charge in [-0.3, -0.25) is 0 Å². The van der Waals surface area contributed by atoms with Crippen molar-refractivity contribution in [3.8, 4) is 12.1 Å². The number of hydrogen-bond acceptors (Lipinski definition) is 7. The van der Waals surface area contributed by atoms with Gasteiger partial charge in [-0.05, 0) is 40.2 Å². The molecule has 7 nitrogen and oxygen atoms in total. The maximum absolute atomic E-state index is 9.13. The third kappa shape index (κ3) is 2.76. The molecular formula is C16H20N2O5. The number of rotatable bonds is 1. The van der Waals surface area contributed by atoms with Crippen LogP contribution >= 0.6 is 0 Å². The fourth-order valence-corrected chi connectivity index (χ4v) is 3.30. The van der Waals surface area contributed by atoms with E-state index in [9.17, 15) is 0 Å². The van der Waals surface area contributed by atoms with Crippen molar-refractivity contribution in [2.24, 2.45) is 0 Å². The third-order valence-electron chi connectivity index (χ3n) is 4.20. The van der Waals surface area contributed by atoms with Gasteiger partial charge in [0.15, 0.2) is 17.9 Å². The highest BCUT2D eigenvalue weighted by atomic mass is 16.9. The second-order valence-corrected chi connectivity index (χ2v) is 6.87. The van der Waals surface area contributed by atoms with Crippen LogP contribution in [0.3, 0.4) is 0 Å². The van der Waals surface area contributed by atoms with Gasteiger partial charge >= 0.3 is 0 Å². The number of nitriles is 2. The number of allylic oxidation sites excluding steroid dienone is 1. The topological polar surface area (TPSA) is 93.7 Å². The van der Waals surface area contributed by atoms with E-state index < -0.39 is 42.3 Å². The van der Waals surface area contributed by atoms with Crippen molar-refractivity contribution >= 4 is 0 Å². The van der Waals surface area contributed by atoms with Crippen LogP contribution in [0, 0.1) is 22.7 Å². The first-order chi connectivity index (χ1) is 10.7. The molecule has 0 unspecified atom stereocenters. The molecule has 3 rings (SSSR count). The number of ether oxygens (including phenoxy) is 5. The van der Waals surface area contributed by atoms with Gasteiger partial charge < -0.3 is 23.7 Å². The van der Waals surface area contributed by atoms with Gasteiger partial charge in [0.2, 0.25) is 0 Å². The van der Waals surface area contributed by atoms with E-state index in [0.717, 1.165) is 0 Å². The molecule has 0 saturated carbocycles. The first kappa shape index (κ1) is 16.4. The predicted molar refractivity (Wildman–Crippen MR) is 76.4 cm³/mol. The molecule has 3 heterocycles. The molecule has 0 radical (unpaired) electrons. The first-order valence-electron chi connectivity index (χ1n) is 7.55. The average Bonchev–Trinajstić information content (AvgIpc) is 2.93. The van der Waals surface area contributed by atoms with E-state index in [4.69, 9.17) is 34.2 Å². The van der Waals surface area contributed by atoms with Crippen LogP contribution in [-0.2, 0) is 23.7 Å². The van der Waals surface area contributed by atoms with Crippen LogP contribution in [0.25, 0.3) is 0 Å². The van der Waals surface area contributed by atoms with Crippen LogP contribution < -0.4 is 0 Å². The van der Waals surface area contributed by atoms with Crippen molar-refractivity contribution < 1.29 is 23.7 Å². The molecule has 0 spiro atoms. The molecule has 0 aromatic heterocycles. The van der Waals surface area contributed by atoms with Crippen LogP contribution in [0.4, 0.5) is 0 Å². The van der Waals surface area contributed by atoms with Gasteiger partial charge in [-0.15, -0.1) is 0 Å². The van der Waals surface area contributed by atoms with Crippen LogP contribution in [0.5, 0.6) is 0 Å². The Bertz CT molecular complexity index is 611. The van der Waals surface area contributed by atoms with E-state index in [1.807, 2.05) is 26.0 Å².